The van der Waals surface area contributed by atoms with Crippen LogP contribution in [-0.4, -0.2) is 31.3 Å². The molecule has 134 valence electrons. The zero-order valence-electron chi connectivity index (χ0n) is 14.4. The number of esters is 1. The third-order valence-electron chi connectivity index (χ3n) is 3.17. The van der Waals surface area contributed by atoms with Gasteiger partial charge < -0.3 is 9.47 Å². The normalized spacial score (nSPS) is 10.8. The van der Waals surface area contributed by atoms with Crippen LogP contribution >= 0.6 is 0 Å². The van der Waals surface area contributed by atoms with Crippen molar-refractivity contribution >= 4 is 24.2 Å². The summed E-state index contributed by atoms with van der Waals surface area (Å²) in [7, 11) is 0. The van der Waals surface area contributed by atoms with Crippen molar-refractivity contribution in [3.8, 4) is 5.75 Å². The molecule has 6 heteroatoms. The number of carbonyl (C=O) groups is 2. The number of hydrogen-bond donors (Lipinski definition) is 1. The molecular weight excluding hydrogens is 332 g/mol. The summed E-state index contributed by atoms with van der Waals surface area (Å²) in [5, 5.41) is 3.80. The van der Waals surface area contributed by atoms with Gasteiger partial charge in [0.15, 0.2) is 6.61 Å². The summed E-state index contributed by atoms with van der Waals surface area (Å²) in [5.74, 6) is -0.306. The Kier molecular flexibility index (Phi) is 7.61. The molecule has 0 fully saturated rings. The van der Waals surface area contributed by atoms with E-state index in [4.69, 9.17) is 9.47 Å². The lowest BCUT2D eigenvalue weighted by Gasteiger charge is -2.06. The minimum atomic E-state index is -0.394. The zero-order valence-corrected chi connectivity index (χ0v) is 14.4. The highest BCUT2D eigenvalue weighted by atomic mass is 16.5. The van der Waals surface area contributed by atoms with Gasteiger partial charge in [0.05, 0.1) is 12.2 Å². The average molecular weight is 352 g/mol. The minimum Gasteiger partial charge on any atom is -0.484 e. The second kappa shape index (κ2) is 10.5. The van der Waals surface area contributed by atoms with Crippen molar-refractivity contribution in [2.75, 3.05) is 13.2 Å². The number of nitrogens with one attached hydrogen (secondary N) is 1. The van der Waals surface area contributed by atoms with Gasteiger partial charge in [-0.2, -0.15) is 5.10 Å². The molecule has 0 aliphatic heterocycles. The number of amides is 1. The van der Waals surface area contributed by atoms with E-state index in [1.54, 1.807) is 37.3 Å². The fourth-order valence-corrected chi connectivity index (χ4v) is 1.95. The molecule has 0 spiro atoms. The van der Waals surface area contributed by atoms with Crippen LogP contribution in [0.3, 0.4) is 0 Å². The van der Waals surface area contributed by atoms with E-state index in [1.165, 1.54) is 6.21 Å². The summed E-state index contributed by atoms with van der Waals surface area (Å²) in [6, 6.07) is 16.1. The van der Waals surface area contributed by atoms with Gasteiger partial charge in [0.2, 0.25) is 0 Å². The predicted octanol–water partition coefficient (Wildman–Crippen LogP) is 3.06. The van der Waals surface area contributed by atoms with E-state index >= 15 is 0 Å². The summed E-state index contributed by atoms with van der Waals surface area (Å²) in [6.45, 7) is 1.88. The van der Waals surface area contributed by atoms with Crippen molar-refractivity contribution in [1.29, 1.82) is 0 Å². The number of benzene rings is 2. The highest BCUT2D eigenvalue weighted by Gasteiger charge is 2.06. The molecule has 2 aromatic rings. The van der Waals surface area contributed by atoms with Crippen LogP contribution in [0.4, 0.5) is 0 Å². The lowest BCUT2D eigenvalue weighted by molar-refractivity contribution is -0.123. The number of hydrazone groups is 1. The highest BCUT2D eigenvalue weighted by Crippen LogP contribution is 2.12. The lowest BCUT2D eigenvalue weighted by atomic mass is 10.2. The molecule has 6 nitrogen and oxygen atoms in total. The fraction of sp³-hybridized carbons (Fsp3) is 0.150. The quantitative estimate of drug-likeness (QED) is 0.450. The third kappa shape index (κ3) is 6.60. The Morgan fingerprint density at radius 3 is 2.50 bits per heavy atom. The topological polar surface area (TPSA) is 77.0 Å². The van der Waals surface area contributed by atoms with E-state index in [0.717, 1.165) is 5.56 Å². The smallest absolute Gasteiger partial charge is 0.338 e. The molecule has 0 heterocycles. The van der Waals surface area contributed by atoms with Crippen LogP contribution in [0.2, 0.25) is 0 Å². The van der Waals surface area contributed by atoms with Crippen LogP contribution in [0.5, 0.6) is 5.75 Å². The second-order valence-electron chi connectivity index (χ2n) is 5.12. The van der Waals surface area contributed by atoms with Gasteiger partial charge in [0.1, 0.15) is 5.75 Å². The minimum absolute atomic E-state index is 0.182. The zero-order chi connectivity index (χ0) is 18.6. The molecule has 0 saturated carbocycles. The number of rotatable bonds is 8. The predicted molar refractivity (Wildman–Crippen MR) is 100 cm³/mol. The van der Waals surface area contributed by atoms with Gasteiger partial charge in [-0.1, -0.05) is 36.4 Å². The van der Waals surface area contributed by atoms with Crippen LogP contribution in [0.25, 0.3) is 6.08 Å². The number of hydrogen-bond acceptors (Lipinski definition) is 5. The average Bonchev–Trinajstić information content (AvgIpc) is 2.67. The van der Waals surface area contributed by atoms with Crippen LogP contribution in [0.1, 0.15) is 22.8 Å². The maximum atomic E-state index is 11.7. The molecule has 0 atom stereocenters. The van der Waals surface area contributed by atoms with Gasteiger partial charge in [0.25, 0.3) is 5.91 Å². The molecule has 0 aliphatic carbocycles. The summed E-state index contributed by atoms with van der Waals surface area (Å²) in [4.78, 5) is 23.2. The Hall–Kier alpha value is -3.41. The number of ether oxygens (including phenoxy) is 2. The molecule has 1 N–H and O–H groups in total. The van der Waals surface area contributed by atoms with Crippen LogP contribution in [0, 0.1) is 0 Å². The SMILES string of the molecule is CCOC(=O)c1ccc(OCC(=O)N/N=C/C=C/c2ccccc2)cc1. The summed E-state index contributed by atoms with van der Waals surface area (Å²) in [6.07, 6.45) is 5.08. The first-order valence-corrected chi connectivity index (χ1v) is 8.12. The standard InChI is InChI=1S/C20H20N2O4/c1-2-25-20(24)17-10-12-18(13-11-17)26-15-19(23)22-21-14-6-9-16-7-4-3-5-8-16/h3-14H,2,15H2,1H3,(H,22,23)/b9-6+,21-14+. The van der Waals surface area contributed by atoms with Crippen LogP contribution in [0.15, 0.2) is 65.8 Å². The lowest BCUT2D eigenvalue weighted by Crippen LogP contribution is -2.24. The Morgan fingerprint density at radius 1 is 1.08 bits per heavy atom. The highest BCUT2D eigenvalue weighted by molar-refractivity contribution is 5.89. The van der Waals surface area contributed by atoms with Crippen LogP contribution in [-0.2, 0) is 9.53 Å². The summed E-state index contributed by atoms with van der Waals surface area (Å²) < 4.78 is 10.2. The van der Waals surface area contributed by atoms with E-state index in [9.17, 15) is 9.59 Å². The first-order chi connectivity index (χ1) is 12.7. The van der Waals surface area contributed by atoms with E-state index in [-0.39, 0.29) is 12.5 Å². The Labute approximate surface area is 152 Å². The van der Waals surface area contributed by atoms with Gasteiger partial charge in [-0.25, -0.2) is 10.2 Å². The van der Waals surface area contributed by atoms with Crippen molar-refractivity contribution in [3.05, 3.63) is 71.8 Å². The van der Waals surface area contributed by atoms with Crippen molar-refractivity contribution in [2.45, 2.75) is 6.92 Å². The van der Waals surface area contributed by atoms with Gasteiger partial charge in [-0.15, -0.1) is 0 Å². The van der Waals surface area contributed by atoms with Crippen molar-refractivity contribution < 1.29 is 19.1 Å². The Balaban J connectivity index is 1.72. The monoisotopic (exact) mass is 352 g/mol. The fourth-order valence-electron chi connectivity index (χ4n) is 1.95. The largest absolute Gasteiger partial charge is 0.484 e. The molecule has 0 saturated heterocycles. The first-order valence-electron chi connectivity index (χ1n) is 8.12. The number of allylic oxidation sites excluding steroid dienone is 1. The van der Waals surface area contributed by atoms with Gasteiger partial charge in [-0.05, 0) is 42.8 Å². The number of carbonyl (C=O) groups excluding carboxylic acids is 2. The van der Waals surface area contributed by atoms with Crippen molar-refractivity contribution in [2.24, 2.45) is 5.10 Å². The maximum Gasteiger partial charge on any atom is 0.338 e. The van der Waals surface area contributed by atoms with Gasteiger partial charge in [0, 0.05) is 6.21 Å². The molecule has 0 bridgehead atoms. The Bertz CT molecular complexity index is 768. The Morgan fingerprint density at radius 2 is 1.81 bits per heavy atom. The molecule has 1 amide bonds. The van der Waals surface area contributed by atoms with Gasteiger partial charge in [-0.3, -0.25) is 4.79 Å². The van der Waals surface area contributed by atoms with Crippen LogP contribution < -0.4 is 10.2 Å². The molecule has 0 aromatic heterocycles. The van der Waals surface area contributed by atoms with E-state index < -0.39 is 5.97 Å². The van der Waals surface area contributed by atoms with E-state index in [1.807, 2.05) is 36.4 Å². The maximum absolute atomic E-state index is 11.7. The second-order valence-corrected chi connectivity index (χ2v) is 5.12. The first kappa shape index (κ1) is 18.9. The molecule has 0 aliphatic rings. The van der Waals surface area contributed by atoms with Crippen molar-refractivity contribution in [1.82, 2.24) is 5.43 Å². The summed E-state index contributed by atoms with van der Waals surface area (Å²) in [5.41, 5.74) is 3.84. The molecule has 2 aromatic carbocycles. The van der Waals surface area contributed by atoms with Crippen molar-refractivity contribution in [3.63, 3.8) is 0 Å². The number of nitrogens with zero attached hydrogens (tertiary/aromatic N) is 1. The molecule has 2 rings (SSSR count). The van der Waals surface area contributed by atoms with E-state index in [0.29, 0.717) is 17.9 Å². The van der Waals surface area contributed by atoms with Gasteiger partial charge >= 0.3 is 5.97 Å². The molecule has 0 unspecified atom stereocenters. The molecule has 26 heavy (non-hydrogen) atoms. The molecule has 0 radical (unpaired) electrons. The van der Waals surface area contributed by atoms with E-state index in [2.05, 4.69) is 10.5 Å². The summed E-state index contributed by atoms with van der Waals surface area (Å²) >= 11 is 0. The molecular formula is C20H20N2O4. The third-order valence-corrected chi connectivity index (χ3v) is 3.17.